The number of amides is 1. The third kappa shape index (κ3) is 4.30. The highest BCUT2D eigenvalue weighted by Gasteiger charge is 2.24. The van der Waals surface area contributed by atoms with Crippen molar-refractivity contribution in [2.24, 2.45) is 5.92 Å². The molecule has 6 heteroatoms. The van der Waals surface area contributed by atoms with Gasteiger partial charge in [-0.1, -0.05) is 36.7 Å². The lowest BCUT2D eigenvalue weighted by Gasteiger charge is -2.23. The van der Waals surface area contributed by atoms with E-state index >= 15 is 0 Å². The monoisotopic (exact) mass is 352 g/mol. The fraction of sp³-hybridized carbons (Fsp3) is 0.278. The van der Waals surface area contributed by atoms with Crippen molar-refractivity contribution in [3.05, 3.63) is 70.2 Å². The fourth-order valence-electron chi connectivity index (χ4n) is 2.45. The molecule has 0 bridgehead atoms. The molecule has 0 aliphatic heterocycles. The second-order valence-corrected chi connectivity index (χ2v) is 5.99. The standard InChI is InChI=1S/C18H19ClF2N2O/c1-11(10-22-2)18(24)23-17(13-5-3-4-6-15(13)19)14-9-12(20)7-8-16(14)21/h3-9,11,17,22H,10H2,1-2H3,(H,23,24). The Morgan fingerprint density at radius 2 is 1.88 bits per heavy atom. The van der Waals surface area contributed by atoms with Gasteiger partial charge in [0.1, 0.15) is 11.6 Å². The molecule has 0 aromatic heterocycles. The summed E-state index contributed by atoms with van der Waals surface area (Å²) in [5.41, 5.74) is 0.543. The Bertz CT molecular complexity index is 724. The third-order valence-electron chi connectivity index (χ3n) is 3.73. The molecule has 24 heavy (non-hydrogen) atoms. The summed E-state index contributed by atoms with van der Waals surface area (Å²) in [7, 11) is 1.74. The highest BCUT2D eigenvalue weighted by Crippen LogP contribution is 2.30. The van der Waals surface area contributed by atoms with Crippen molar-refractivity contribution in [3.63, 3.8) is 0 Å². The number of carbonyl (C=O) groups excluding carboxylic acids is 1. The Labute approximate surface area is 145 Å². The summed E-state index contributed by atoms with van der Waals surface area (Å²) in [6.45, 7) is 2.21. The zero-order valence-electron chi connectivity index (χ0n) is 13.4. The summed E-state index contributed by atoms with van der Waals surface area (Å²) >= 11 is 6.21. The summed E-state index contributed by atoms with van der Waals surface area (Å²) in [4.78, 5) is 12.4. The number of hydrogen-bond donors (Lipinski definition) is 2. The van der Waals surface area contributed by atoms with Crippen LogP contribution in [0, 0.1) is 17.6 Å². The molecule has 0 spiro atoms. The van der Waals surface area contributed by atoms with Gasteiger partial charge in [-0.2, -0.15) is 0 Å². The van der Waals surface area contributed by atoms with Crippen LogP contribution in [0.2, 0.25) is 5.02 Å². The molecule has 3 nitrogen and oxygen atoms in total. The summed E-state index contributed by atoms with van der Waals surface area (Å²) in [5.74, 6) is -1.81. The van der Waals surface area contributed by atoms with Crippen molar-refractivity contribution in [2.75, 3.05) is 13.6 Å². The second-order valence-electron chi connectivity index (χ2n) is 5.59. The van der Waals surface area contributed by atoms with Gasteiger partial charge in [-0.15, -0.1) is 0 Å². The molecule has 128 valence electrons. The van der Waals surface area contributed by atoms with Gasteiger partial charge < -0.3 is 10.6 Å². The van der Waals surface area contributed by atoms with Crippen molar-refractivity contribution in [2.45, 2.75) is 13.0 Å². The van der Waals surface area contributed by atoms with Gasteiger partial charge in [-0.25, -0.2) is 8.78 Å². The molecule has 2 aromatic carbocycles. The Morgan fingerprint density at radius 3 is 2.54 bits per heavy atom. The average molecular weight is 353 g/mol. The van der Waals surface area contributed by atoms with Crippen molar-refractivity contribution >= 4 is 17.5 Å². The predicted octanol–water partition coefficient (Wildman–Crippen LogP) is 3.68. The molecule has 2 rings (SSSR count). The minimum atomic E-state index is -0.874. The number of carbonyl (C=O) groups is 1. The first kappa shape index (κ1) is 18.4. The molecular formula is C18H19ClF2N2O. The van der Waals surface area contributed by atoms with E-state index in [0.29, 0.717) is 17.1 Å². The zero-order valence-corrected chi connectivity index (χ0v) is 14.2. The summed E-state index contributed by atoms with van der Waals surface area (Å²) in [6.07, 6.45) is 0. The lowest BCUT2D eigenvalue weighted by atomic mass is 9.97. The predicted molar refractivity (Wildman–Crippen MR) is 90.9 cm³/mol. The van der Waals surface area contributed by atoms with Gasteiger partial charge in [0.25, 0.3) is 0 Å². The first-order valence-corrected chi connectivity index (χ1v) is 7.96. The Morgan fingerprint density at radius 1 is 1.17 bits per heavy atom. The highest BCUT2D eigenvalue weighted by molar-refractivity contribution is 6.31. The molecule has 0 saturated carbocycles. The van der Waals surface area contributed by atoms with Crippen molar-refractivity contribution in [3.8, 4) is 0 Å². The number of nitrogens with one attached hydrogen (secondary N) is 2. The molecule has 0 aliphatic carbocycles. The molecule has 0 fully saturated rings. The van der Waals surface area contributed by atoms with E-state index in [4.69, 9.17) is 11.6 Å². The smallest absolute Gasteiger partial charge is 0.224 e. The minimum Gasteiger partial charge on any atom is -0.345 e. The summed E-state index contributed by atoms with van der Waals surface area (Å²) in [5, 5.41) is 6.05. The molecule has 0 aliphatic rings. The molecular weight excluding hydrogens is 334 g/mol. The van der Waals surface area contributed by atoms with Crippen LogP contribution in [0.4, 0.5) is 8.78 Å². The largest absolute Gasteiger partial charge is 0.345 e. The number of benzene rings is 2. The molecule has 2 atom stereocenters. The fourth-order valence-corrected chi connectivity index (χ4v) is 2.70. The maximum atomic E-state index is 14.3. The number of halogens is 3. The van der Waals surface area contributed by atoms with Crippen molar-refractivity contribution < 1.29 is 13.6 Å². The van der Waals surface area contributed by atoms with Gasteiger partial charge >= 0.3 is 0 Å². The van der Waals surface area contributed by atoms with E-state index in [0.717, 1.165) is 18.2 Å². The Balaban J connectivity index is 2.44. The van der Waals surface area contributed by atoms with E-state index in [-0.39, 0.29) is 17.4 Å². The van der Waals surface area contributed by atoms with Crippen LogP contribution in [0.5, 0.6) is 0 Å². The third-order valence-corrected chi connectivity index (χ3v) is 4.07. The van der Waals surface area contributed by atoms with Crippen molar-refractivity contribution in [1.82, 2.24) is 10.6 Å². The Kier molecular flexibility index (Phi) is 6.29. The molecule has 0 heterocycles. The van der Waals surface area contributed by atoms with E-state index in [2.05, 4.69) is 10.6 Å². The van der Waals surface area contributed by atoms with Gasteiger partial charge in [0.05, 0.1) is 6.04 Å². The average Bonchev–Trinajstić information content (AvgIpc) is 2.56. The molecule has 2 unspecified atom stereocenters. The number of rotatable bonds is 6. The second kappa shape index (κ2) is 8.22. The molecule has 0 radical (unpaired) electrons. The van der Waals surface area contributed by atoms with Crippen LogP contribution < -0.4 is 10.6 Å². The summed E-state index contributed by atoms with van der Waals surface area (Å²) in [6, 6.07) is 9.06. The quantitative estimate of drug-likeness (QED) is 0.832. The van der Waals surface area contributed by atoms with E-state index in [9.17, 15) is 13.6 Å². The molecule has 2 N–H and O–H groups in total. The van der Waals surface area contributed by atoms with Gasteiger partial charge in [-0.3, -0.25) is 4.79 Å². The van der Waals surface area contributed by atoms with Crippen LogP contribution in [0.3, 0.4) is 0 Å². The molecule has 1 amide bonds. The van der Waals surface area contributed by atoms with Gasteiger partial charge in [0.2, 0.25) is 5.91 Å². The zero-order chi connectivity index (χ0) is 17.7. The topological polar surface area (TPSA) is 41.1 Å². The maximum Gasteiger partial charge on any atom is 0.224 e. The van der Waals surface area contributed by atoms with Crippen LogP contribution in [0.1, 0.15) is 24.1 Å². The normalized spacial score (nSPS) is 13.4. The van der Waals surface area contributed by atoms with Crippen LogP contribution in [0.15, 0.2) is 42.5 Å². The Hall–Kier alpha value is -1.98. The van der Waals surface area contributed by atoms with Crippen LogP contribution in [-0.4, -0.2) is 19.5 Å². The maximum absolute atomic E-state index is 14.3. The summed E-state index contributed by atoms with van der Waals surface area (Å²) < 4.78 is 27.9. The van der Waals surface area contributed by atoms with E-state index in [1.807, 2.05) is 0 Å². The van der Waals surface area contributed by atoms with E-state index in [1.54, 1.807) is 38.2 Å². The number of hydrogen-bond acceptors (Lipinski definition) is 2. The minimum absolute atomic E-state index is 0.0353. The van der Waals surface area contributed by atoms with Gasteiger partial charge in [0, 0.05) is 23.0 Å². The first-order chi connectivity index (χ1) is 11.4. The van der Waals surface area contributed by atoms with Crippen LogP contribution >= 0.6 is 11.6 Å². The lowest BCUT2D eigenvalue weighted by Crippen LogP contribution is -2.37. The first-order valence-electron chi connectivity index (χ1n) is 7.58. The van der Waals surface area contributed by atoms with E-state index in [1.165, 1.54) is 0 Å². The lowest BCUT2D eigenvalue weighted by molar-refractivity contribution is -0.124. The molecule has 0 saturated heterocycles. The SMILES string of the molecule is CNCC(C)C(=O)NC(c1cc(F)ccc1F)c1ccccc1Cl. The van der Waals surface area contributed by atoms with Crippen LogP contribution in [0.25, 0.3) is 0 Å². The highest BCUT2D eigenvalue weighted by atomic mass is 35.5. The van der Waals surface area contributed by atoms with Crippen LogP contribution in [-0.2, 0) is 4.79 Å². The molecule has 2 aromatic rings. The van der Waals surface area contributed by atoms with E-state index < -0.39 is 17.7 Å². The van der Waals surface area contributed by atoms with Gasteiger partial charge in [-0.05, 0) is 36.9 Å². The van der Waals surface area contributed by atoms with Gasteiger partial charge in [0.15, 0.2) is 0 Å². The van der Waals surface area contributed by atoms with Crippen molar-refractivity contribution in [1.29, 1.82) is 0 Å².